The Morgan fingerprint density at radius 3 is 2.18 bits per heavy atom. The van der Waals surface area contributed by atoms with E-state index in [2.05, 4.69) is 61.2 Å². The zero-order valence-corrected chi connectivity index (χ0v) is 48.9. The lowest BCUT2D eigenvalue weighted by Gasteiger charge is -2.41. The fourth-order valence-electron chi connectivity index (χ4n) is 11.9. The third-order valence-corrected chi connectivity index (χ3v) is 20.6. The number of carbonyl (C=O) groups excluding carboxylic acids is 3. The largest absolute Gasteiger partial charge is 0.501 e. The Hall–Kier alpha value is -6.01. The van der Waals surface area contributed by atoms with Crippen molar-refractivity contribution in [2.45, 2.75) is 104 Å². The summed E-state index contributed by atoms with van der Waals surface area (Å²) >= 11 is 7.66. The fraction of sp³-hybridized carbons (Fsp3) is 0.424. The van der Waals surface area contributed by atoms with Crippen LogP contribution < -0.4 is 25.2 Å². The van der Waals surface area contributed by atoms with Crippen LogP contribution in [0.3, 0.4) is 0 Å². The van der Waals surface area contributed by atoms with Crippen LogP contribution in [-0.2, 0) is 31.2 Å². The molecule has 4 fully saturated rings. The Bertz CT molecular complexity index is 3390. The Balaban J connectivity index is 0.785. The number of urea groups is 1. The molecule has 4 amide bonds. The van der Waals surface area contributed by atoms with Gasteiger partial charge in [-0.15, -0.1) is 11.8 Å². The van der Waals surface area contributed by atoms with Crippen LogP contribution >= 0.6 is 23.4 Å². The number of halogens is 4. The molecule has 23 heteroatoms. The summed E-state index contributed by atoms with van der Waals surface area (Å²) in [4.78, 5) is 51.8. The lowest BCUT2D eigenvalue weighted by molar-refractivity contribution is -0.120. The van der Waals surface area contributed by atoms with Crippen molar-refractivity contribution in [3.05, 3.63) is 143 Å². The van der Waals surface area contributed by atoms with E-state index in [1.807, 2.05) is 59.3 Å². The van der Waals surface area contributed by atoms with Crippen LogP contribution in [-0.4, -0.2) is 143 Å². The minimum atomic E-state index is -6.13. The Kier molecular flexibility index (Phi) is 17.8. The molecule has 0 radical (unpaired) electrons. The van der Waals surface area contributed by atoms with Crippen molar-refractivity contribution in [3.8, 4) is 0 Å². The smallest absolute Gasteiger partial charge is 0.380 e. The second kappa shape index (κ2) is 24.7. The third-order valence-electron chi connectivity index (χ3n) is 16.3. The van der Waals surface area contributed by atoms with Crippen LogP contribution in [0.2, 0.25) is 5.02 Å². The molecule has 3 atom stereocenters. The van der Waals surface area contributed by atoms with Crippen molar-refractivity contribution in [2.75, 3.05) is 79.8 Å². The maximum atomic E-state index is 14.5. The maximum Gasteiger partial charge on any atom is 0.501 e. The summed E-state index contributed by atoms with van der Waals surface area (Å²) in [6.07, 6.45) is 7.23. The minimum absolute atomic E-state index is 0.0172. The first kappa shape index (κ1) is 59.2. The number of sulfonamides is 1. The van der Waals surface area contributed by atoms with Gasteiger partial charge in [-0.3, -0.25) is 39.5 Å². The highest BCUT2D eigenvalue weighted by Crippen LogP contribution is 2.43. The Labute approximate surface area is 486 Å². The number of thioether (sulfide) groups is 1. The van der Waals surface area contributed by atoms with E-state index in [9.17, 15) is 44.4 Å². The highest BCUT2D eigenvalue weighted by Gasteiger charge is 2.49. The van der Waals surface area contributed by atoms with E-state index in [1.165, 1.54) is 45.5 Å². The van der Waals surface area contributed by atoms with Gasteiger partial charge in [-0.1, -0.05) is 61.4 Å². The van der Waals surface area contributed by atoms with E-state index >= 15 is 0 Å². The first-order chi connectivity index (χ1) is 39.1. The number of benzene rings is 4. The van der Waals surface area contributed by atoms with Crippen molar-refractivity contribution in [1.29, 1.82) is 0 Å². The van der Waals surface area contributed by atoms with Gasteiger partial charge in [0.15, 0.2) is 0 Å². The second-order valence-corrected chi connectivity index (χ2v) is 27.7. The van der Waals surface area contributed by atoms with Crippen LogP contribution in [0.15, 0.2) is 136 Å². The van der Waals surface area contributed by atoms with Gasteiger partial charge in [0.2, 0.25) is 5.91 Å². The molecule has 1 aliphatic carbocycles. The lowest BCUT2D eigenvalue weighted by atomic mass is 9.73. The first-order valence-corrected chi connectivity index (χ1v) is 32.0. The van der Waals surface area contributed by atoms with Crippen molar-refractivity contribution in [3.63, 3.8) is 0 Å². The molecule has 82 heavy (non-hydrogen) atoms. The molecule has 2 bridgehead atoms. The zero-order valence-electron chi connectivity index (χ0n) is 45.7. The van der Waals surface area contributed by atoms with Gasteiger partial charge in [0.05, 0.1) is 28.2 Å². The number of carbonyl (C=O) groups is 3. The standard InChI is InChI=1S/C59H67ClF3N9O7S3/c1-58(2)25-22-52(40-8-12-43(60)13-9-40)42(33-58)35-68-28-30-70(31-29-68)46-15-10-41(11-16-46)56(74)67-82(78,79)51-20-21-53(54(32-51)81(76,77)59(61,62)63)65-45(39-80-50-6-4-3-5-7-50)23-26-71-48-18-19-49(71)38-69(37-48)36-44-14-17-47(34-64-44)72-27-24-55(73)66-57(72)75/h3-17,20-21,32,34,45,48-49,65H,18-19,22-31,33,35-39H2,1-2H3,(H,67,74)(H,66,73,75)/t45-,48?,49?/m1/s1. The molecule has 4 aliphatic heterocycles. The number of anilines is 3. The van der Waals surface area contributed by atoms with Crippen LogP contribution in [0.25, 0.3) is 5.57 Å². The van der Waals surface area contributed by atoms with Crippen LogP contribution in [0.1, 0.15) is 80.4 Å². The van der Waals surface area contributed by atoms with E-state index in [0.29, 0.717) is 42.0 Å². The molecular formula is C59H67ClF3N9O7S3. The molecule has 5 aliphatic rings. The van der Waals surface area contributed by atoms with Gasteiger partial charge in [-0.25, -0.2) is 26.4 Å². The molecule has 0 saturated carbocycles. The summed E-state index contributed by atoms with van der Waals surface area (Å²) in [6.45, 7) is 11.4. The van der Waals surface area contributed by atoms with Gasteiger partial charge in [-0.05, 0) is 134 Å². The van der Waals surface area contributed by atoms with Crippen LogP contribution in [0.4, 0.5) is 35.0 Å². The number of nitrogens with zero attached hydrogens (tertiary/aromatic N) is 6. The summed E-state index contributed by atoms with van der Waals surface area (Å²) in [5.41, 5.74) is 0.263. The number of sulfone groups is 1. The minimum Gasteiger partial charge on any atom is -0.380 e. The number of pyridine rings is 1. The number of amides is 4. The van der Waals surface area contributed by atoms with Crippen LogP contribution in [0, 0.1) is 5.41 Å². The summed E-state index contributed by atoms with van der Waals surface area (Å²) in [5.74, 6) is -1.02. The lowest BCUT2D eigenvalue weighted by Crippen LogP contribution is -2.54. The quantitative estimate of drug-likeness (QED) is 0.0664. The SMILES string of the molecule is CC1(C)CCC(c2ccc(Cl)cc2)=C(CN2CCN(c3ccc(C(=O)NS(=O)(=O)c4ccc(N[C@H](CCN5C6CCC5CN(Cc5ccc(N7CCC(=O)NC7=O)cn5)C6)CSc5ccccc5)c(S(=O)(=O)C(F)(F)F)c4)cc3)CC2)C1. The van der Waals surface area contributed by atoms with E-state index in [1.54, 1.807) is 18.3 Å². The highest BCUT2D eigenvalue weighted by atomic mass is 35.5. The normalized spacial score (nSPS) is 20.7. The summed E-state index contributed by atoms with van der Waals surface area (Å²) in [6, 6.07) is 29.3. The number of imide groups is 1. The van der Waals surface area contributed by atoms with Gasteiger partial charge in [0.25, 0.3) is 25.8 Å². The van der Waals surface area contributed by atoms with Crippen molar-refractivity contribution in [2.24, 2.45) is 5.41 Å². The summed E-state index contributed by atoms with van der Waals surface area (Å²) < 4.78 is 100. The molecule has 16 nitrogen and oxygen atoms in total. The molecule has 436 valence electrons. The molecule has 2 unspecified atom stereocenters. The molecule has 4 saturated heterocycles. The fourth-order valence-corrected chi connectivity index (χ4v) is 15.1. The van der Waals surface area contributed by atoms with Crippen LogP contribution in [0.5, 0.6) is 0 Å². The molecule has 0 spiro atoms. The third kappa shape index (κ3) is 14.0. The number of aromatic nitrogens is 1. The molecule has 5 aromatic rings. The molecule has 4 aromatic carbocycles. The predicted molar refractivity (Wildman–Crippen MR) is 313 cm³/mol. The molecule has 5 heterocycles. The topological polar surface area (TPSA) is 185 Å². The van der Waals surface area contributed by atoms with E-state index in [0.717, 1.165) is 106 Å². The van der Waals surface area contributed by atoms with Gasteiger partial charge in [0.1, 0.15) is 4.90 Å². The Morgan fingerprint density at radius 2 is 1.52 bits per heavy atom. The number of fused-ring (bicyclic) bond motifs is 2. The highest BCUT2D eigenvalue weighted by molar-refractivity contribution is 7.99. The number of allylic oxidation sites excluding steroid dienone is 1. The van der Waals surface area contributed by atoms with E-state index in [-0.39, 0.29) is 41.9 Å². The number of rotatable bonds is 19. The van der Waals surface area contributed by atoms with Gasteiger partial charge >= 0.3 is 11.5 Å². The number of hydrogen-bond donors (Lipinski definition) is 3. The van der Waals surface area contributed by atoms with Gasteiger partial charge < -0.3 is 10.2 Å². The molecule has 1 aromatic heterocycles. The number of likely N-dealkylation sites (tertiary alicyclic amines) is 1. The summed E-state index contributed by atoms with van der Waals surface area (Å²) in [5, 5.41) is 6.12. The molecule has 10 rings (SSSR count). The second-order valence-electron chi connectivity index (χ2n) is 22.6. The maximum absolute atomic E-state index is 14.5. The van der Waals surface area contributed by atoms with E-state index in [4.69, 9.17) is 11.6 Å². The zero-order chi connectivity index (χ0) is 58.0. The predicted octanol–water partition coefficient (Wildman–Crippen LogP) is 9.69. The Morgan fingerprint density at radius 1 is 0.829 bits per heavy atom. The van der Waals surface area contributed by atoms with E-state index < -0.39 is 58.8 Å². The van der Waals surface area contributed by atoms with Gasteiger partial charge in [0, 0.05) is 117 Å². The number of hydrogen-bond acceptors (Lipinski definition) is 14. The number of piperazine rings is 2. The summed E-state index contributed by atoms with van der Waals surface area (Å²) in [7, 11) is -11.0. The average Bonchev–Trinajstić information content (AvgIpc) is 3.82. The first-order valence-electron chi connectivity index (χ1n) is 27.6. The number of alkyl halides is 3. The number of nitrogens with one attached hydrogen (secondary N) is 3. The molecule has 3 N–H and O–H groups in total. The average molecular weight is 1200 g/mol. The monoisotopic (exact) mass is 1200 g/mol. The van der Waals surface area contributed by atoms with Crippen molar-refractivity contribution in [1.82, 2.24) is 29.7 Å². The van der Waals surface area contributed by atoms with Crippen molar-refractivity contribution < 1.29 is 44.4 Å². The van der Waals surface area contributed by atoms with Crippen molar-refractivity contribution >= 4 is 83.7 Å². The van der Waals surface area contributed by atoms with Gasteiger partial charge in [-0.2, -0.15) is 13.2 Å². The molecular weight excluding hydrogens is 1140 g/mol.